The van der Waals surface area contributed by atoms with Gasteiger partial charge in [0.25, 0.3) is 0 Å². The van der Waals surface area contributed by atoms with E-state index in [2.05, 4.69) is 45.2 Å². The molecule has 0 bridgehead atoms. The molecule has 0 radical (unpaired) electrons. The number of nitrogens with one attached hydrogen (secondary N) is 1. The maximum Gasteiger partial charge on any atom is 0.0457 e. The molecule has 1 aromatic carbocycles. The smallest absolute Gasteiger partial charge is 0.0457 e. The van der Waals surface area contributed by atoms with E-state index in [0.29, 0.717) is 12.6 Å². The number of fused-ring (bicyclic) bond motifs is 1. The fraction of sp³-hybridized carbons (Fsp3) is 0.667. The molecule has 5 rings (SSSR count). The molecule has 0 unspecified atom stereocenters. The van der Waals surface area contributed by atoms with Crippen LogP contribution >= 0.6 is 0 Å². The second kappa shape index (κ2) is 8.17. The maximum absolute atomic E-state index is 9.33. The molecule has 3 fully saturated rings. The van der Waals surface area contributed by atoms with E-state index < -0.39 is 0 Å². The van der Waals surface area contributed by atoms with Gasteiger partial charge in [0.1, 0.15) is 0 Å². The number of benzene rings is 1. The highest BCUT2D eigenvalue weighted by Crippen LogP contribution is 2.44. The summed E-state index contributed by atoms with van der Waals surface area (Å²) >= 11 is 0. The minimum atomic E-state index is 0.331. The van der Waals surface area contributed by atoms with E-state index in [1.165, 1.54) is 68.2 Å². The van der Waals surface area contributed by atoms with Crippen LogP contribution in [0.1, 0.15) is 50.5 Å². The van der Waals surface area contributed by atoms with E-state index in [-0.39, 0.29) is 0 Å². The molecule has 3 aliphatic heterocycles. The minimum Gasteiger partial charge on any atom is -0.396 e. The first-order chi connectivity index (χ1) is 13.8. The lowest BCUT2D eigenvalue weighted by atomic mass is 9.69. The van der Waals surface area contributed by atoms with Gasteiger partial charge in [-0.05, 0) is 81.5 Å². The van der Waals surface area contributed by atoms with Gasteiger partial charge in [-0.15, -0.1) is 0 Å². The van der Waals surface area contributed by atoms with Crippen LogP contribution in [0.15, 0.2) is 30.5 Å². The monoisotopic (exact) mass is 381 g/mol. The van der Waals surface area contributed by atoms with Crippen molar-refractivity contribution in [1.82, 2.24) is 14.8 Å². The average Bonchev–Trinajstić information content (AvgIpc) is 3.13. The molecule has 3 aliphatic rings. The number of para-hydroxylation sites is 1. The van der Waals surface area contributed by atoms with E-state index in [1.807, 2.05) is 0 Å². The number of aliphatic hydroxyl groups is 1. The third-order valence-corrected chi connectivity index (χ3v) is 7.73. The highest BCUT2D eigenvalue weighted by molar-refractivity contribution is 5.82. The predicted molar refractivity (Wildman–Crippen MR) is 114 cm³/mol. The van der Waals surface area contributed by atoms with E-state index in [1.54, 1.807) is 0 Å². The number of hydrogen-bond acceptors (Lipinski definition) is 3. The number of aromatic nitrogens is 1. The third-order valence-electron chi connectivity index (χ3n) is 7.73. The quantitative estimate of drug-likeness (QED) is 0.743. The lowest BCUT2D eigenvalue weighted by Gasteiger charge is -2.57. The van der Waals surface area contributed by atoms with Crippen LogP contribution in [0.4, 0.5) is 0 Å². The maximum atomic E-state index is 9.33. The van der Waals surface area contributed by atoms with Crippen molar-refractivity contribution in [2.45, 2.75) is 63.6 Å². The van der Waals surface area contributed by atoms with Crippen molar-refractivity contribution in [1.29, 1.82) is 0 Å². The number of unbranched alkanes of at least 4 members (excludes halogenated alkanes) is 1. The Morgan fingerprint density at radius 3 is 2.82 bits per heavy atom. The fourth-order valence-corrected chi connectivity index (χ4v) is 6.61. The van der Waals surface area contributed by atoms with Gasteiger partial charge in [-0.2, -0.15) is 0 Å². The Morgan fingerprint density at radius 2 is 1.93 bits per heavy atom. The van der Waals surface area contributed by atoms with Gasteiger partial charge in [0.15, 0.2) is 0 Å². The largest absolute Gasteiger partial charge is 0.396 e. The zero-order chi connectivity index (χ0) is 18.9. The Morgan fingerprint density at radius 1 is 1.07 bits per heavy atom. The third kappa shape index (κ3) is 3.40. The van der Waals surface area contributed by atoms with Crippen molar-refractivity contribution in [2.75, 3.05) is 26.2 Å². The molecule has 0 spiro atoms. The Kier molecular flexibility index (Phi) is 5.45. The summed E-state index contributed by atoms with van der Waals surface area (Å²) in [4.78, 5) is 9.14. The number of piperidine rings is 3. The highest BCUT2D eigenvalue weighted by atomic mass is 16.2. The Balaban J connectivity index is 1.42. The number of aromatic amines is 1. The van der Waals surface area contributed by atoms with Crippen LogP contribution < -0.4 is 0 Å². The molecule has 0 saturated carbocycles. The fourth-order valence-electron chi connectivity index (χ4n) is 6.61. The molecule has 2 aromatic rings. The molecule has 152 valence electrons. The minimum absolute atomic E-state index is 0.331. The van der Waals surface area contributed by atoms with Crippen molar-refractivity contribution in [3.8, 4) is 0 Å². The van der Waals surface area contributed by atoms with Gasteiger partial charge in [-0.1, -0.05) is 18.2 Å². The van der Waals surface area contributed by atoms with Crippen molar-refractivity contribution < 1.29 is 5.11 Å². The van der Waals surface area contributed by atoms with E-state index in [4.69, 9.17) is 0 Å². The number of H-pyrrole nitrogens is 1. The normalized spacial score (nSPS) is 31.2. The average molecular weight is 382 g/mol. The second-order valence-corrected chi connectivity index (χ2v) is 9.31. The molecule has 4 nitrogen and oxygen atoms in total. The first-order valence-corrected chi connectivity index (χ1v) is 11.5. The number of hydrogen-bond donors (Lipinski definition) is 2. The summed E-state index contributed by atoms with van der Waals surface area (Å²) in [6.07, 6.45) is 11.1. The van der Waals surface area contributed by atoms with E-state index in [0.717, 1.165) is 37.3 Å². The lowest BCUT2D eigenvalue weighted by molar-refractivity contribution is -0.0811. The van der Waals surface area contributed by atoms with Gasteiger partial charge in [-0.3, -0.25) is 9.80 Å². The van der Waals surface area contributed by atoms with Gasteiger partial charge >= 0.3 is 0 Å². The van der Waals surface area contributed by atoms with Crippen molar-refractivity contribution in [3.05, 3.63) is 36.0 Å². The summed E-state index contributed by atoms with van der Waals surface area (Å²) in [6, 6.07) is 10.2. The van der Waals surface area contributed by atoms with Crippen LogP contribution in [0, 0.1) is 11.8 Å². The van der Waals surface area contributed by atoms with Gasteiger partial charge in [0.05, 0.1) is 0 Å². The van der Waals surface area contributed by atoms with Gasteiger partial charge in [-0.25, -0.2) is 0 Å². The first kappa shape index (κ1) is 18.7. The first-order valence-electron chi connectivity index (χ1n) is 11.5. The van der Waals surface area contributed by atoms with Crippen molar-refractivity contribution in [2.24, 2.45) is 11.8 Å². The zero-order valence-electron chi connectivity index (χ0n) is 17.0. The number of nitrogens with zero attached hydrogens (tertiary/aromatic N) is 2. The summed E-state index contributed by atoms with van der Waals surface area (Å²) in [5.74, 6) is 1.66. The van der Waals surface area contributed by atoms with Crippen LogP contribution in [0.25, 0.3) is 10.9 Å². The number of rotatable bonds is 6. The Hall–Kier alpha value is -1.36. The summed E-state index contributed by atoms with van der Waals surface area (Å²) in [7, 11) is 0. The molecule has 1 aromatic heterocycles. The standard InChI is InChI=1S/C24H35N3O/c28-14-4-3-11-23-21-9-6-13-26-12-5-7-18(24(21)26)16-27(23)17-19-15-25-22-10-2-1-8-20(19)22/h1-2,8,10,15,18,21,23-25,28H,3-7,9,11-14,16-17H2/t18-,21-,23-,24+/m1/s1. The van der Waals surface area contributed by atoms with E-state index in [9.17, 15) is 5.11 Å². The molecule has 2 N–H and O–H groups in total. The van der Waals surface area contributed by atoms with Gasteiger partial charge in [0, 0.05) is 48.9 Å². The Bertz CT molecular complexity index is 785. The molecule has 3 saturated heterocycles. The SMILES string of the molecule is OCCCC[C@@H]1[C@H]2CCCN3CCC[C@H](CN1Cc1c[nH]c4ccccc14)[C@@H]23. The van der Waals surface area contributed by atoms with Crippen LogP contribution in [-0.2, 0) is 6.54 Å². The van der Waals surface area contributed by atoms with Crippen LogP contribution in [0.3, 0.4) is 0 Å². The molecule has 4 heterocycles. The summed E-state index contributed by atoms with van der Waals surface area (Å²) in [6.45, 7) is 5.29. The van der Waals surface area contributed by atoms with Crippen LogP contribution in [-0.4, -0.2) is 58.2 Å². The summed E-state index contributed by atoms with van der Waals surface area (Å²) in [5, 5.41) is 10.7. The van der Waals surface area contributed by atoms with Crippen LogP contribution in [0.2, 0.25) is 0 Å². The summed E-state index contributed by atoms with van der Waals surface area (Å²) < 4.78 is 0. The molecule has 4 atom stereocenters. The molecule has 4 heteroatoms. The predicted octanol–water partition coefficient (Wildman–Crippen LogP) is 4.01. The topological polar surface area (TPSA) is 42.5 Å². The zero-order valence-corrected chi connectivity index (χ0v) is 17.0. The van der Waals surface area contributed by atoms with Crippen LogP contribution in [0.5, 0.6) is 0 Å². The summed E-state index contributed by atoms with van der Waals surface area (Å²) in [5.41, 5.74) is 2.70. The second-order valence-electron chi connectivity index (χ2n) is 9.31. The molecule has 28 heavy (non-hydrogen) atoms. The van der Waals surface area contributed by atoms with Crippen molar-refractivity contribution >= 4 is 10.9 Å². The van der Waals surface area contributed by atoms with Crippen molar-refractivity contribution in [3.63, 3.8) is 0 Å². The van der Waals surface area contributed by atoms with Gasteiger partial charge in [0.2, 0.25) is 0 Å². The highest BCUT2D eigenvalue weighted by Gasteiger charge is 2.48. The molecular weight excluding hydrogens is 346 g/mol. The number of aliphatic hydroxyl groups excluding tert-OH is 1. The number of likely N-dealkylation sites (tertiary alicyclic amines) is 1. The Labute approximate surface area is 168 Å². The molecule has 0 amide bonds. The molecular formula is C24H35N3O. The molecule has 0 aliphatic carbocycles. The van der Waals surface area contributed by atoms with Gasteiger partial charge < -0.3 is 10.1 Å². The lowest BCUT2D eigenvalue weighted by Crippen LogP contribution is -2.64. The van der Waals surface area contributed by atoms with E-state index >= 15 is 0 Å².